The molecule has 0 radical (unpaired) electrons. The fourth-order valence-electron chi connectivity index (χ4n) is 4.17. The molecule has 2 aromatic rings. The molecule has 7 nitrogen and oxygen atoms in total. The van der Waals surface area contributed by atoms with E-state index in [1.165, 1.54) is 0 Å². The Morgan fingerprint density at radius 1 is 1.10 bits per heavy atom. The zero-order valence-corrected chi connectivity index (χ0v) is 17.9. The fraction of sp³-hybridized carbons (Fsp3) is 0.417. The molecule has 0 saturated carbocycles. The molecule has 31 heavy (non-hydrogen) atoms. The van der Waals surface area contributed by atoms with E-state index in [9.17, 15) is 9.59 Å². The number of ether oxygens (including phenoxy) is 2. The molecule has 1 unspecified atom stereocenters. The molecule has 164 valence electrons. The summed E-state index contributed by atoms with van der Waals surface area (Å²) in [6.07, 6.45) is 1.49. The van der Waals surface area contributed by atoms with E-state index in [1.54, 1.807) is 36.3 Å². The molecule has 0 aromatic heterocycles. The minimum Gasteiger partial charge on any atom is -0.497 e. The van der Waals surface area contributed by atoms with Crippen LogP contribution in [0.3, 0.4) is 0 Å². The van der Waals surface area contributed by atoms with E-state index >= 15 is 0 Å². The lowest BCUT2D eigenvalue weighted by atomic mass is 10.1. The second-order valence-corrected chi connectivity index (χ2v) is 7.96. The quantitative estimate of drug-likeness (QED) is 0.774. The number of morpholine rings is 1. The van der Waals surface area contributed by atoms with Gasteiger partial charge in [-0.1, -0.05) is 12.1 Å². The van der Waals surface area contributed by atoms with Crippen LogP contribution in [0.5, 0.6) is 5.75 Å². The molecule has 2 saturated heterocycles. The molecule has 0 aliphatic carbocycles. The molecule has 2 aromatic carbocycles. The summed E-state index contributed by atoms with van der Waals surface area (Å²) < 4.78 is 10.6. The minimum atomic E-state index is -0.461. The summed E-state index contributed by atoms with van der Waals surface area (Å²) in [7, 11) is 1.60. The first-order valence-electron chi connectivity index (χ1n) is 10.8. The Bertz CT molecular complexity index is 909. The van der Waals surface area contributed by atoms with E-state index in [1.807, 2.05) is 24.3 Å². The second-order valence-electron chi connectivity index (χ2n) is 7.96. The second kappa shape index (κ2) is 9.94. The van der Waals surface area contributed by atoms with Crippen LogP contribution in [0.15, 0.2) is 48.5 Å². The van der Waals surface area contributed by atoms with Gasteiger partial charge in [-0.2, -0.15) is 0 Å². The Morgan fingerprint density at radius 3 is 2.61 bits per heavy atom. The molecule has 2 fully saturated rings. The van der Waals surface area contributed by atoms with Gasteiger partial charge in [-0.15, -0.1) is 0 Å². The van der Waals surface area contributed by atoms with Crippen LogP contribution in [0.4, 0.5) is 5.69 Å². The number of likely N-dealkylation sites (tertiary alicyclic amines) is 1. The van der Waals surface area contributed by atoms with E-state index in [-0.39, 0.29) is 11.8 Å². The number of nitrogens with zero attached hydrogens (tertiary/aromatic N) is 2. The number of carbonyl (C=O) groups excluding carboxylic acids is 2. The number of benzene rings is 2. The van der Waals surface area contributed by atoms with Crippen molar-refractivity contribution in [2.45, 2.75) is 25.4 Å². The molecular weight excluding hydrogens is 394 g/mol. The van der Waals surface area contributed by atoms with Crippen molar-refractivity contribution in [3.05, 3.63) is 59.7 Å². The molecule has 4 rings (SSSR count). The summed E-state index contributed by atoms with van der Waals surface area (Å²) in [6.45, 7) is 4.68. The van der Waals surface area contributed by atoms with Crippen LogP contribution in [-0.2, 0) is 16.1 Å². The van der Waals surface area contributed by atoms with Gasteiger partial charge in [0.05, 0.1) is 20.3 Å². The summed E-state index contributed by atoms with van der Waals surface area (Å²) in [5.74, 6) is 0.490. The highest BCUT2D eigenvalue weighted by molar-refractivity contribution is 6.01. The Kier molecular flexibility index (Phi) is 6.84. The van der Waals surface area contributed by atoms with Crippen molar-refractivity contribution in [1.82, 2.24) is 9.80 Å². The van der Waals surface area contributed by atoms with Crippen molar-refractivity contribution in [2.24, 2.45) is 0 Å². The number of hydrogen-bond acceptors (Lipinski definition) is 5. The van der Waals surface area contributed by atoms with Crippen LogP contribution >= 0.6 is 0 Å². The molecule has 1 atom stereocenters. The average Bonchev–Trinajstić information content (AvgIpc) is 3.30. The molecule has 2 aliphatic heterocycles. The van der Waals surface area contributed by atoms with Gasteiger partial charge in [0.1, 0.15) is 11.8 Å². The maximum Gasteiger partial charge on any atom is 0.254 e. The molecule has 2 aliphatic rings. The number of methoxy groups -OCH3 is 1. The lowest BCUT2D eigenvalue weighted by Gasteiger charge is -2.27. The molecule has 0 bridgehead atoms. The lowest BCUT2D eigenvalue weighted by Crippen LogP contribution is -2.43. The highest BCUT2D eigenvalue weighted by Crippen LogP contribution is 2.23. The van der Waals surface area contributed by atoms with Crippen LogP contribution in [0.25, 0.3) is 0 Å². The van der Waals surface area contributed by atoms with Crippen molar-refractivity contribution in [1.29, 1.82) is 0 Å². The van der Waals surface area contributed by atoms with Gasteiger partial charge in [0, 0.05) is 37.4 Å². The van der Waals surface area contributed by atoms with E-state index in [4.69, 9.17) is 9.47 Å². The smallest absolute Gasteiger partial charge is 0.254 e. The van der Waals surface area contributed by atoms with E-state index < -0.39 is 6.04 Å². The molecule has 2 amide bonds. The highest BCUT2D eigenvalue weighted by Gasteiger charge is 2.34. The summed E-state index contributed by atoms with van der Waals surface area (Å²) in [4.78, 5) is 30.2. The lowest BCUT2D eigenvalue weighted by molar-refractivity contribution is -0.119. The summed E-state index contributed by atoms with van der Waals surface area (Å²) in [5.41, 5.74) is 2.43. The number of rotatable bonds is 6. The van der Waals surface area contributed by atoms with Gasteiger partial charge in [0.25, 0.3) is 5.91 Å². The Balaban J connectivity index is 1.42. The van der Waals surface area contributed by atoms with Crippen LogP contribution in [-0.4, -0.2) is 67.6 Å². The largest absolute Gasteiger partial charge is 0.497 e. The molecular formula is C24H29N3O4. The van der Waals surface area contributed by atoms with Crippen LogP contribution < -0.4 is 10.1 Å². The van der Waals surface area contributed by atoms with Gasteiger partial charge < -0.3 is 19.7 Å². The Hall–Kier alpha value is -2.90. The van der Waals surface area contributed by atoms with Crippen molar-refractivity contribution < 1.29 is 19.1 Å². The van der Waals surface area contributed by atoms with E-state index in [0.29, 0.717) is 24.2 Å². The van der Waals surface area contributed by atoms with Gasteiger partial charge in [0.2, 0.25) is 5.91 Å². The third-order valence-corrected chi connectivity index (χ3v) is 5.86. The average molecular weight is 424 g/mol. The predicted octanol–water partition coefficient (Wildman–Crippen LogP) is 2.77. The van der Waals surface area contributed by atoms with Gasteiger partial charge in [-0.3, -0.25) is 14.5 Å². The third kappa shape index (κ3) is 5.24. The standard InChI is InChI=1S/C24H29N3O4/c1-30-21-9-7-20(8-10-21)25-23(28)22-6-3-11-27(22)24(29)19-5-2-4-18(16-19)17-26-12-14-31-15-13-26/h2,4-5,7-10,16,22H,3,6,11-15,17H2,1H3,(H,25,28). The fourth-order valence-corrected chi connectivity index (χ4v) is 4.17. The SMILES string of the molecule is COc1ccc(NC(=O)C2CCCN2C(=O)c2cccc(CN3CCOCC3)c2)cc1. The summed E-state index contributed by atoms with van der Waals surface area (Å²) in [5, 5.41) is 2.93. The minimum absolute atomic E-state index is 0.0868. The van der Waals surface area contributed by atoms with Gasteiger partial charge >= 0.3 is 0 Å². The highest BCUT2D eigenvalue weighted by atomic mass is 16.5. The number of carbonyl (C=O) groups is 2. The van der Waals surface area contributed by atoms with Gasteiger partial charge in [0.15, 0.2) is 0 Å². The molecule has 0 spiro atoms. The normalized spacial score (nSPS) is 19.3. The zero-order chi connectivity index (χ0) is 21.6. The first-order chi connectivity index (χ1) is 15.1. The first-order valence-corrected chi connectivity index (χ1v) is 10.8. The van der Waals surface area contributed by atoms with Gasteiger partial charge in [-0.05, 0) is 54.8 Å². The monoisotopic (exact) mass is 423 g/mol. The maximum absolute atomic E-state index is 13.2. The maximum atomic E-state index is 13.2. The molecule has 7 heteroatoms. The number of amides is 2. The van der Waals surface area contributed by atoms with Crippen molar-refractivity contribution in [3.63, 3.8) is 0 Å². The number of hydrogen-bond donors (Lipinski definition) is 1. The van der Waals surface area contributed by atoms with Gasteiger partial charge in [-0.25, -0.2) is 0 Å². The van der Waals surface area contributed by atoms with Crippen molar-refractivity contribution in [2.75, 3.05) is 45.3 Å². The Labute approximate surface area is 182 Å². The topological polar surface area (TPSA) is 71.1 Å². The van der Waals surface area contributed by atoms with E-state index in [2.05, 4.69) is 10.2 Å². The first kappa shape index (κ1) is 21.3. The van der Waals surface area contributed by atoms with Crippen LogP contribution in [0, 0.1) is 0 Å². The number of anilines is 1. The summed E-state index contributed by atoms with van der Waals surface area (Å²) in [6, 6.07) is 14.5. The zero-order valence-electron chi connectivity index (χ0n) is 17.9. The predicted molar refractivity (Wildman–Crippen MR) is 118 cm³/mol. The third-order valence-electron chi connectivity index (χ3n) is 5.86. The van der Waals surface area contributed by atoms with Crippen molar-refractivity contribution >= 4 is 17.5 Å². The van der Waals surface area contributed by atoms with Crippen molar-refractivity contribution in [3.8, 4) is 5.75 Å². The molecule has 1 N–H and O–H groups in total. The summed E-state index contributed by atoms with van der Waals surface area (Å²) >= 11 is 0. The van der Waals surface area contributed by atoms with E-state index in [0.717, 1.165) is 50.6 Å². The Morgan fingerprint density at radius 2 is 1.87 bits per heavy atom. The molecule has 2 heterocycles. The van der Waals surface area contributed by atoms with Crippen LogP contribution in [0.2, 0.25) is 0 Å². The van der Waals surface area contributed by atoms with Crippen LogP contribution in [0.1, 0.15) is 28.8 Å². The number of nitrogens with one attached hydrogen (secondary N) is 1.